The zero-order valence-corrected chi connectivity index (χ0v) is 10.7. The van der Waals surface area contributed by atoms with Gasteiger partial charge in [-0.1, -0.05) is 0 Å². The van der Waals surface area contributed by atoms with E-state index in [4.69, 9.17) is 13.3 Å². The lowest BCUT2D eigenvalue weighted by Crippen LogP contribution is -2.43. The summed E-state index contributed by atoms with van der Waals surface area (Å²) >= 11 is 0. The Morgan fingerprint density at radius 3 is 2.27 bits per heavy atom. The summed E-state index contributed by atoms with van der Waals surface area (Å²) in [5.74, 6) is 0. The quantitative estimate of drug-likeness (QED) is 0.686. The molecule has 1 rings (SSSR count). The minimum atomic E-state index is -2.45. The van der Waals surface area contributed by atoms with Crippen LogP contribution < -0.4 is 0 Å². The Balaban J connectivity index is 2.54. The molecule has 0 saturated carbocycles. The first-order valence-corrected chi connectivity index (χ1v) is 6.74. The molecular formula is C9H18N2O3Si. The van der Waals surface area contributed by atoms with E-state index >= 15 is 0 Å². The van der Waals surface area contributed by atoms with Gasteiger partial charge in [-0.3, -0.25) is 4.68 Å². The van der Waals surface area contributed by atoms with Crippen LogP contribution in [0, 0.1) is 6.92 Å². The standard InChI is InChI=1S/C9H18N2O3Si/c1-9-5-6-11(10-9)7-8-15(12-2,13-3)14-4/h5-6H,7-8H2,1-4H3. The van der Waals surface area contributed by atoms with Crippen LogP contribution in [-0.2, 0) is 19.8 Å². The van der Waals surface area contributed by atoms with Crippen LogP contribution in [0.15, 0.2) is 12.3 Å². The van der Waals surface area contributed by atoms with Crippen molar-refractivity contribution in [2.24, 2.45) is 0 Å². The highest BCUT2D eigenvalue weighted by Crippen LogP contribution is 2.13. The van der Waals surface area contributed by atoms with Crippen molar-refractivity contribution in [2.75, 3.05) is 21.3 Å². The highest BCUT2D eigenvalue weighted by Gasteiger charge is 2.37. The molecule has 0 spiro atoms. The maximum absolute atomic E-state index is 5.32. The molecule has 86 valence electrons. The highest BCUT2D eigenvalue weighted by molar-refractivity contribution is 6.60. The third-order valence-electron chi connectivity index (χ3n) is 2.35. The minimum Gasteiger partial charge on any atom is -0.377 e. The molecule has 0 fully saturated rings. The lowest BCUT2D eigenvalue weighted by molar-refractivity contribution is 0.122. The van der Waals surface area contributed by atoms with E-state index in [-0.39, 0.29) is 0 Å². The van der Waals surface area contributed by atoms with Crippen LogP contribution in [0.5, 0.6) is 0 Å². The van der Waals surface area contributed by atoms with Crippen molar-refractivity contribution < 1.29 is 13.3 Å². The Kier molecular flexibility index (Phi) is 4.46. The summed E-state index contributed by atoms with van der Waals surface area (Å²) < 4.78 is 17.8. The summed E-state index contributed by atoms with van der Waals surface area (Å²) in [5, 5.41) is 4.29. The van der Waals surface area contributed by atoms with E-state index in [1.54, 1.807) is 21.3 Å². The smallest absolute Gasteiger partial charge is 0.377 e. The summed E-state index contributed by atoms with van der Waals surface area (Å²) in [6.45, 7) is 2.71. The molecule has 1 heterocycles. The van der Waals surface area contributed by atoms with Crippen molar-refractivity contribution in [3.05, 3.63) is 18.0 Å². The molecule has 0 amide bonds. The third kappa shape index (κ3) is 3.13. The molecule has 0 aliphatic heterocycles. The number of rotatable bonds is 6. The second kappa shape index (κ2) is 5.41. The Hall–Kier alpha value is -0.693. The predicted octanol–water partition coefficient (Wildman–Crippen LogP) is 1.07. The lowest BCUT2D eigenvalue weighted by atomic mass is 10.5. The van der Waals surface area contributed by atoms with Gasteiger partial charge in [0.05, 0.1) is 5.69 Å². The highest BCUT2D eigenvalue weighted by atomic mass is 28.4. The minimum absolute atomic E-state index is 0.720. The van der Waals surface area contributed by atoms with Crippen molar-refractivity contribution >= 4 is 8.80 Å². The van der Waals surface area contributed by atoms with E-state index in [1.807, 2.05) is 23.9 Å². The molecule has 0 unspecified atom stereocenters. The second-order valence-corrected chi connectivity index (χ2v) is 6.36. The summed E-state index contributed by atoms with van der Waals surface area (Å²) in [6, 6.07) is 2.69. The van der Waals surface area contributed by atoms with Crippen LogP contribution in [0.1, 0.15) is 5.69 Å². The number of aromatic nitrogens is 2. The molecule has 0 aliphatic carbocycles. The molecular weight excluding hydrogens is 212 g/mol. The molecule has 0 bridgehead atoms. The lowest BCUT2D eigenvalue weighted by Gasteiger charge is -2.24. The van der Waals surface area contributed by atoms with Crippen LogP contribution in [0.3, 0.4) is 0 Å². The topological polar surface area (TPSA) is 45.5 Å². The van der Waals surface area contributed by atoms with Gasteiger partial charge < -0.3 is 13.3 Å². The number of hydrogen-bond donors (Lipinski definition) is 0. The number of nitrogens with zero attached hydrogens (tertiary/aromatic N) is 2. The van der Waals surface area contributed by atoms with Gasteiger partial charge in [0.1, 0.15) is 0 Å². The summed E-state index contributed by atoms with van der Waals surface area (Å²) in [5.41, 5.74) is 1.01. The van der Waals surface area contributed by atoms with Crippen molar-refractivity contribution in [3.8, 4) is 0 Å². The van der Waals surface area contributed by atoms with Gasteiger partial charge in [-0.15, -0.1) is 0 Å². The monoisotopic (exact) mass is 230 g/mol. The molecule has 0 atom stereocenters. The van der Waals surface area contributed by atoms with Crippen molar-refractivity contribution in [2.45, 2.75) is 19.5 Å². The van der Waals surface area contributed by atoms with E-state index in [2.05, 4.69) is 5.10 Å². The van der Waals surface area contributed by atoms with Crippen LogP contribution in [0.2, 0.25) is 6.04 Å². The maximum atomic E-state index is 5.32. The van der Waals surface area contributed by atoms with E-state index in [0.29, 0.717) is 0 Å². The van der Waals surface area contributed by atoms with Gasteiger partial charge in [-0.2, -0.15) is 5.10 Å². The molecule has 1 aromatic rings. The van der Waals surface area contributed by atoms with E-state index in [1.165, 1.54) is 0 Å². The van der Waals surface area contributed by atoms with Crippen LogP contribution in [0.4, 0.5) is 0 Å². The van der Waals surface area contributed by atoms with Gasteiger partial charge in [0.2, 0.25) is 0 Å². The zero-order chi connectivity index (χ0) is 11.3. The van der Waals surface area contributed by atoms with Gasteiger partial charge in [0.15, 0.2) is 0 Å². The Bertz CT molecular complexity index is 291. The third-order valence-corrected chi connectivity index (χ3v) is 5.06. The summed E-state index contributed by atoms with van der Waals surface area (Å²) in [6.07, 6.45) is 1.94. The van der Waals surface area contributed by atoms with Crippen LogP contribution in [-0.4, -0.2) is 39.9 Å². The molecule has 6 heteroatoms. The van der Waals surface area contributed by atoms with Gasteiger partial charge in [-0.25, -0.2) is 0 Å². The fourth-order valence-corrected chi connectivity index (χ4v) is 3.01. The van der Waals surface area contributed by atoms with Crippen molar-refractivity contribution in [1.29, 1.82) is 0 Å². The molecule has 0 aliphatic rings. The molecule has 0 saturated heterocycles. The fraction of sp³-hybridized carbons (Fsp3) is 0.667. The Morgan fingerprint density at radius 2 is 1.87 bits per heavy atom. The molecule has 5 nitrogen and oxygen atoms in total. The van der Waals surface area contributed by atoms with Crippen LogP contribution in [0.25, 0.3) is 0 Å². The van der Waals surface area contributed by atoms with E-state index in [9.17, 15) is 0 Å². The Morgan fingerprint density at radius 1 is 1.27 bits per heavy atom. The summed E-state index contributed by atoms with van der Waals surface area (Å²) in [4.78, 5) is 0. The predicted molar refractivity (Wildman–Crippen MR) is 58.6 cm³/mol. The average Bonchev–Trinajstić information content (AvgIpc) is 2.67. The molecule has 0 N–H and O–H groups in total. The zero-order valence-electron chi connectivity index (χ0n) is 9.69. The average molecular weight is 230 g/mol. The van der Waals surface area contributed by atoms with Crippen LogP contribution >= 0.6 is 0 Å². The van der Waals surface area contributed by atoms with E-state index in [0.717, 1.165) is 18.3 Å². The first-order valence-electron chi connectivity index (χ1n) is 4.81. The summed E-state index contributed by atoms with van der Waals surface area (Å²) in [7, 11) is 2.40. The first-order chi connectivity index (χ1) is 7.15. The fourth-order valence-electron chi connectivity index (χ4n) is 1.40. The normalized spacial score (nSPS) is 12.0. The van der Waals surface area contributed by atoms with Gasteiger partial charge in [0, 0.05) is 40.1 Å². The Labute approximate surface area is 91.3 Å². The number of aryl methyl sites for hydroxylation is 2. The SMILES string of the molecule is CO[Si](CCn1ccc(C)n1)(OC)OC. The molecule has 15 heavy (non-hydrogen) atoms. The van der Waals surface area contributed by atoms with Gasteiger partial charge in [-0.05, 0) is 13.0 Å². The second-order valence-electron chi connectivity index (χ2n) is 3.27. The number of hydrogen-bond acceptors (Lipinski definition) is 4. The maximum Gasteiger partial charge on any atom is 0.502 e. The molecule has 0 aromatic carbocycles. The van der Waals surface area contributed by atoms with Gasteiger partial charge >= 0.3 is 8.80 Å². The first kappa shape index (κ1) is 12.4. The van der Waals surface area contributed by atoms with Gasteiger partial charge in [0.25, 0.3) is 0 Å². The molecule has 0 radical (unpaired) electrons. The van der Waals surface area contributed by atoms with Crippen molar-refractivity contribution in [3.63, 3.8) is 0 Å². The molecule has 1 aromatic heterocycles. The van der Waals surface area contributed by atoms with Crippen molar-refractivity contribution in [1.82, 2.24) is 9.78 Å². The van der Waals surface area contributed by atoms with E-state index < -0.39 is 8.80 Å². The largest absolute Gasteiger partial charge is 0.502 e.